The Morgan fingerprint density at radius 1 is 1.35 bits per heavy atom. The van der Waals surface area contributed by atoms with Crippen molar-refractivity contribution in [3.05, 3.63) is 39.8 Å². The molecule has 1 amide bonds. The number of rotatable bonds is 7. The Morgan fingerprint density at radius 3 is 2.74 bits per heavy atom. The second kappa shape index (κ2) is 8.86. The molecule has 2 rings (SSSR count). The van der Waals surface area contributed by atoms with Gasteiger partial charge in [-0.05, 0) is 30.0 Å². The van der Waals surface area contributed by atoms with Gasteiger partial charge < -0.3 is 0 Å². The molecule has 0 aromatic heterocycles. The highest BCUT2D eigenvalue weighted by Crippen LogP contribution is 2.34. The van der Waals surface area contributed by atoms with E-state index in [1.807, 2.05) is 30.3 Å². The summed E-state index contributed by atoms with van der Waals surface area (Å²) in [5.74, 6) is 0.520. The third-order valence-electron chi connectivity index (χ3n) is 4.05. The van der Waals surface area contributed by atoms with Crippen molar-refractivity contribution < 1.29 is 4.79 Å². The van der Waals surface area contributed by atoms with E-state index in [2.05, 4.69) is 13.8 Å². The molecular formula is C18H22ClNOS2. The van der Waals surface area contributed by atoms with Gasteiger partial charge in [0.05, 0.1) is 4.91 Å². The summed E-state index contributed by atoms with van der Waals surface area (Å²) < 4.78 is 0.656. The lowest BCUT2D eigenvalue weighted by Crippen LogP contribution is -2.33. The Labute approximate surface area is 153 Å². The molecule has 124 valence electrons. The van der Waals surface area contributed by atoms with Gasteiger partial charge in [0.15, 0.2) is 0 Å². The van der Waals surface area contributed by atoms with Gasteiger partial charge in [0, 0.05) is 11.6 Å². The summed E-state index contributed by atoms with van der Waals surface area (Å²) >= 11 is 13.0. The molecule has 1 fully saturated rings. The fourth-order valence-corrected chi connectivity index (χ4v) is 4.02. The number of amides is 1. The van der Waals surface area contributed by atoms with E-state index in [-0.39, 0.29) is 5.91 Å². The highest BCUT2D eigenvalue weighted by molar-refractivity contribution is 8.26. The van der Waals surface area contributed by atoms with Crippen LogP contribution in [-0.4, -0.2) is 21.7 Å². The van der Waals surface area contributed by atoms with Crippen LogP contribution in [0.5, 0.6) is 0 Å². The van der Waals surface area contributed by atoms with Crippen LogP contribution in [0.15, 0.2) is 29.2 Å². The van der Waals surface area contributed by atoms with Crippen molar-refractivity contribution in [2.24, 2.45) is 5.92 Å². The molecule has 1 heterocycles. The predicted molar refractivity (Wildman–Crippen MR) is 105 cm³/mol. The summed E-state index contributed by atoms with van der Waals surface area (Å²) in [6.45, 7) is 5.09. The summed E-state index contributed by atoms with van der Waals surface area (Å²) in [7, 11) is 0. The molecule has 2 nitrogen and oxygen atoms in total. The summed E-state index contributed by atoms with van der Waals surface area (Å²) in [5.41, 5.74) is 0.854. The maximum absolute atomic E-state index is 12.7. The summed E-state index contributed by atoms with van der Waals surface area (Å²) in [6, 6.07) is 7.53. The fraction of sp³-hybridized carbons (Fsp3) is 0.444. The van der Waals surface area contributed by atoms with Crippen LogP contribution in [0.4, 0.5) is 0 Å². The van der Waals surface area contributed by atoms with E-state index in [0.717, 1.165) is 24.9 Å². The average Bonchev–Trinajstić information content (AvgIpc) is 2.80. The van der Waals surface area contributed by atoms with E-state index in [1.54, 1.807) is 4.90 Å². The zero-order valence-corrected chi connectivity index (χ0v) is 15.9. The molecule has 1 saturated heterocycles. The number of unbranched alkanes of at least 4 members (excludes halogenated alkanes) is 1. The number of benzene rings is 1. The quantitative estimate of drug-likeness (QED) is 0.451. The van der Waals surface area contributed by atoms with Crippen LogP contribution in [0.3, 0.4) is 0 Å². The molecule has 1 atom stereocenters. The topological polar surface area (TPSA) is 20.3 Å². The third kappa shape index (κ3) is 4.82. The van der Waals surface area contributed by atoms with Crippen molar-refractivity contribution in [3.63, 3.8) is 0 Å². The van der Waals surface area contributed by atoms with Crippen LogP contribution in [0.2, 0.25) is 5.02 Å². The van der Waals surface area contributed by atoms with Crippen LogP contribution < -0.4 is 0 Å². The van der Waals surface area contributed by atoms with Crippen molar-refractivity contribution in [1.29, 1.82) is 0 Å². The molecule has 0 spiro atoms. The van der Waals surface area contributed by atoms with Gasteiger partial charge in [-0.3, -0.25) is 9.69 Å². The first-order valence-corrected chi connectivity index (χ1v) is 9.67. The van der Waals surface area contributed by atoms with Crippen molar-refractivity contribution in [3.8, 4) is 0 Å². The minimum absolute atomic E-state index is 0.00914. The Bertz CT molecular complexity index is 615. The van der Waals surface area contributed by atoms with Gasteiger partial charge in [0.25, 0.3) is 5.91 Å². The van der Waals surface area contributed by atoms with Crippen molar-refractivity contribution in [2.75, 3.05) is 6.54 Å². The monoisotopic (exact) mass is 367 g/mol. The first kappa shape index (κ1) is 18.5. The number of hydrogen-bond donors (Lipinski definition) is 0. The summed E-state index contributed by atoms with van der Waals surface area (Å²) in [6.07, 6.45) is 6.44. The van der Waals surface area contributed by atoms with Gasteiger partial charge >= 0.3 is 0 Å². The molecule has 1 aromatic carbocycles. The van der Waals surface area contributed by atoms with Gasteiger partial charge in [0.1, 0.15) is 4.32 Å². The fourth-order valence-electron chi connectivity index (χ4n) is 2.57. The number of halogens is 1. The highest BCUT2D eigenvalue weighted by Gasteiger charge is 2.33. The number of thioether (sulfide) groups is 1. The molecule has 1 aliphatic heterocycles. The van der Waals surface area contributed by atoms with E-state index in [4.69, 9.17) is 23.8 Å². The molecule has 0 N–H and O–H groups in total. The summed E-state index contributed by atoms with van der Waals surface area (Å²) in [5, 5.41) is 0.646. The number of hydrogen-bond acceptors (Lipinski definition) is 3. The normalized spacial score (nSPS) is 18.0. The maximum atomic E-state index is 12.7. The van der Waals surface area contributed by atoms with Gasteiger partial charge in [0.2, 0.25) is 0 Å². The standard InChI is InChI=1S/C18H22ClNOS2/c1-3-5-8-13(4-2)12-20-17(21)16(23-18(20)22)11-14-9-6-7-10-15(14)19/h6-7,9-11,13H,3-5,8,12H2,1-2H3/b16-11+/t13-/m1/s1. The molecule has 5 heteroatoms. The average molecular weight is 368 g/mol. The number of carbonyl (C=O) groups excluding carboxylic acids is 1. The highest BCUT2D eigenvalue weighted by atomic mass is 35.5. The molecular weight excluding hydrogens is 346 g/mol. The van der Waals surface area contributed by atoms with Crippen LogP contribution in [0, 0.1) is 5.92 Å². The SMILES string of the molecule is CCCC[C@@H](CC)CN1C(=O)/C(=C\c2ccccc2Cl)SC1=S. The van der Waals surface area contributed by atoms with E-state index >= 15 is 0 Å². The second-order valence-electron chi connectivity index (χ2n) is 5.73. The zero-order chi connectivity index (χ0) is 16.8. The molecule has 0 bridgehead atoms. The van der Waals surface area contributed by atoms with E-state index in [1.165, 1.54) is 24.6 Å². The van der Waals surface area contributed by atoms with E-state index in [0.29, 0.717) is 20.2 Å². The first-order chi connectivity index (χ1) is 11.1. The largest absolute Gasteiger partial charge is 0.293 e. The number of nitrogens with zero attached hydrogens (tertiary/aromatic N) is 1. The molecule has 0 unspecified atom stereocenters. The molecule has 23 heavy (non-hydrogen) atoms. The number of thiocarbonyl (C=S) groups is 1. The Kier molecular flexibility index (Phi) is 7.12. The van der Waals surface area contributed by atoms with E-state index in [9.17, 15) is 4.79 Å². The lowest BCUT2D eigenvalue weighted by Gasteiger charge is -2.21. The first-order valence-electron chi connectivity index (χ1n) is 8.06. The van der Waals surface area contributed by atoms with Crippen molar-refractivity contribution in [1.82, 2.24) is 4.90 Å². The van der Waals surface area contributed by atoms with Crippen molar-refractivity contribution in [2.45, 2.75) is 39.5 Å². The molecule has 1 aromatic rings. The van der Waals surface area contributed by atoms with Crippen LogP contribution in [0.25, 0.3) is 6.08 Å². The van der Waals surface area contributed by atoms with Gasteiger partial charge in [-0.25, -0.2) is 0 Å². The zero-order valence-electron chi connectivity index (χ0n) is 13.5. The predicted octanol–water partition coefficient (Wildman–Crippen LogP) is 5.76. The lowest BCUT2D eigenvalue weighted by molar-refractivity contribution is -0.122. The smallest absolute Gasteiger partial charge is 0.266 e. The minimum atomic E-state index is 0.00914. The van der Waals surface area contributed by atoms with Gasteiger partial charge in [-0.1, -0.05) is 86.9 Å². The Balaban J connectivity index is 2.12. The van der Waals surface area contributed by atoms with Crippen LogP contribution in [0.1, 0.15) is 45.1 Å². The van der Waals surface area contributed by atoms with E-state index < -0.39 is 0 Å². The molecule has 1 aliphatic rings. The third-order valence-corrected chi connectivity index (χ3v) is 5.77. The molecule has 0 aliphatic carbocycles. The minimum Gasteiger partial charge on any atom is -0.293 e. The van der Waals surface area contributed by atoms with Crippen molar-refractivity contribution >= 4 is 51.9 Å². The number of carbonyl (C=O) groups is 1. The Morgan fingerprint density at radius 2 is 2.09 bits per heavy atom. The Hall–Kier alpha value is -0.840. The molecule has 0 radical (unpaired) electrons. The van der Waals surface area contributed by atoms with Gasteiger partial charge in [-0.15, -0.1) is 0 Å². The lowest BCUT2D eigenvalue weighted by atomic mass is 9.99. The maximum Gasteiger partial charge on any atom is 0.266 e. The van der Waals surface area contributed by atoms with Crippen LogP contribution >= 0.6 is 35.6 Å². The summed E-state index contributed by atoms with van der Waals surface area (Å²) in [4.78, 5) is 15.1. The van der Waals surface area contributed by atoms with Crippen LogP contribution in [-0.2, 0) is 4.79 Å². The van der Waals surface area contributed by atoms with Gasteiger partial charge in [-0.2, -0.15) is 0 Å². The molecule has 0 saturated carbocycles. The second-order valence-corrected chi connectivity index (χ2v) is 7.81.